The fraction of sp³-hybridized carbons (Fsp3) is 0.214. The fourth-order valence-corrected chi connectivity index (χ4v) is 4.10. The molecule has 200 valence electrons. The smallest absolute Gasteiger partial charge is 0.254 e. The monoisotopic (exact) mass is 529 g/mol. The number of ether oxygens (including phenoxy) is 1. The van der Waals surface area contributed by atoms with E-state index in [-0.39, 0.29) is 11.3 Å². The van der Waals surface area contributed by atoms with Crippen molar-refractivity contribution in [2.45, 2.75) is 6.42 Å². The van der Waals surface area contributed by atoms with Crippen molar-refractivity contribution in [1.29, 1.82) is 0 Å². The van der Waals surface area contributed by atoms with Gasteiger partial charge in [-0.3, -0.25) is 4.79 Å². The number of aromatic nitrogens is 5. The Morgan fingerprint density at radius 1 is 1.18 bits per heavy atom. The van der Waals surface area contributed by atoms with Gasteiger partial charge in [-0.05, 0) is 50.0 Å². The van der Waals surface area contributed by atoms with Crippen molar-refractivity contribution in [1.82, 2.24) is 35.1 Å². The van der Waals surface area contributed by atoms with E-state index in [1.165, 1.54) is 12.1 Å². The minimum Gasteiger partial charge on any atom is -0.507 e. The molecule has 0 spiro atoms. The van der Waals surface area contributed by atoms with Gasteiger partial charge in [0.25, 0.3) is 5.91 Å². The molecule has 1 amide bonds. The summed E-state index contributed by atoms with van der Waals surface area (Å²) in [4.78, 5) is 33.5. The van der Waals surface area contributed by atoms with Gasteiger partial charge in [0.15, 0.2) is 0 Å². The number of aromatic hydroxyl groups is 1. The second-order valence-corrected chi connectivity index (χ2v) is 9.26. The molecule has 0 fully saturated rings. The molecule has 11 heteroatoms. The van der Waals surface area contributed by atoms with Gasteiger partial charge < -0.3 is 30.0 Å². The molecular formula is C28H28FN7O3. The zero-order valence-electron chi connectivity index (χ0n) is 21.5. The SMILES string of the molecule is CN(C)CCOc1ncccc1-c1ccc(O)c(-c2nc3cc(C(=O)NCCc4cnc[nH]4)c(F)cc3[nH]2)c1. The fourth-order valence-electron chi connectivity index (χ4n) is 4.10. The highest BCUT2D eigenvalue weighted by molar-refractivity contribution is 5.98. The summed E-state index contributed by atoms with van der Waals surface area (Å²) in [7, 11) is 3.93. The van der Waals surface area contributed by atoms with E-state index in [0.717, 1.165) is 23.4 Å². The maximum absolute atomic E-state index is 14.8. The Hall–Kier alpha value is -4.77. The second kappa shape index (κ2) is 11.3. The van der Waals surface area contributed by atoms with Crippen LogP contribution in [0.15, 0.2) is 61.2 Å². The summed E-state index contributed by atoms with van der Waals surface area (Å²) < 4.78 is 20.7. The number of amides is 1. The first-order valence-corrected chi connectivity index (χ1v) is 12.4. The number of nitrogens with zero attached hydrogens (tertiary/aromatic N) is 4. The Morgan fingerprint density at radius 2 is 2.05 bits per heavy atom. The number of halogens is 1. The summed E-state index contributed by atoms with van der Waals surface area (Å²) in [6.07, 6.45) is 5.43. The molecule has 0 unspecified atom stereocenters. The molecule has 0 bridgehead atoms. The lowest BCUT2D eigenvalue weighted by atomic mass is 10.0. The van der Waals surface area contributed by atoms with Gasteiger partial charge in [-0.15, -0.1) is 0 Å². The maximum atomic E-state index is 14.8. The topological polar surface area (TPSA) is 132 Å². The van der Waals surface area contributed by atoms with Crippen LogP contribution < -0.4 is 10.1 Å². The van der Waals surface area contributed by atoms with Crippen LogP contribution in [0.4, 0.5) is 4.39 Å². The van der Waals surface area contributed by atoms with Gasteiger partial charge in [-0.1, -0.05) is 6.07 Å². The van der Waals surface area contributed by atoms with Gasteiger partial charge >= 0.3 is 0 Å². The van der Waals surface area contributed by atoms with Gasteiger partial charge in [-0.2, -0.15) is 0 Å². The highest BCUT2D eigenvalue weighted by atomic mass is 19.1. The number of aromatic amines is 2. The molecule has 0 saturated heterocycles. The van der Waals surface area contributed by atoms with E-state index < -0.39 is 11.7 Å². The van der Waals surface area contributed by atoms with Crippen molar-refractivity contribution in [3.05, 3.63) is 78.3 Å². The molecule has 0 aliphatic heterocycles. The van der Waals surface area contributed by atoms with Crippen LogP contribution in [0.2, 0.25) is 0 Å². The number of hydrogen-bond acceptors (Lipinski definition) is 7. The first-order valence-electron chi connectivity index (χ1n) is 12.4. The van der Waals surface area contributed by atoms with E-state index in [2.05, 4.69) is 30.2 Å². The lowest BCUT2D eigenvalue weighted by molar-refractivity contribution is 0.0950. The van der Waals surface area contributed by atoms with Crippen LogP contribution >= 0.6 is 0 Å². The first-order chi connectivity index (χ1) is 18.9. The molecule has 10 nitrogen and oxygen atoms in total. The van der Waals surface area contributed by atoms with E-state index in [1.807, 2.05) is 31.1 Å². The molecule has 0 saturated carbocycles. The van der Waals surface area contributed by atoms with Gasteiger partial charge in [-0.25, -0.2) is 19.3 Å². The first kappa shape index (κ1) is 25.9. The average molecular weight is 530 g/mol. The van der Waals surface area contributed by atoms with Gasteiger partial charge in [0.2, 0.25) is 5.88 Å². The van der Waals surface area contributed by atoms with E-state index in [4.69, 9.17) is 4.74 Å². The number of pyridine rings is 1. The molecule has 0 atom stereocenters. The third-order valence-corrected chi connectivity index (χ3v) is 6.16. The number of fused-ring (bicyclic) bond motifs is 1. The van der Waals surface area contributed by atoms with Crippen LogP contribution in [0.5, 0.6) is 11.6 Å². The van der Waals surface area contributed by atoms with Crippen molar-refractivity contribution in [2.75, 3.05) is 33.8 Å². The lowest BCUT2D eigenvalue weighted by Gasteiger charge is -2.13. The summed E-state index contributed by atoms with van der Waals surface area (Å²) in [5.74, 6) is -0.411. The lowest BCUT2D eigenvalue weighted by Crippen LogP contribution is -2.26. The molecule has 0 radical (unpaired) electrons. The summed E-state index contributed by atoms with van der Waals surface area (Å²) in [6.45, 7) is 1.52. The van der Waals surface area contributed by atoms with E-state index in [1.54, 1.807) is 36.9 Å². The minimum absolute atomic E-state index is 0.00554. The predicted molar refractivity (Wildman–Crippen MR) is 145 cm³/mol. The molecule has 5 rings (SSSR count). The van der Waals surface area contributed by atoms with Gasteiger partial charge in [0.05, 0.1) is 28.5 Å². The van der Waals surface area contributed by atoms with Crippen molar-refractivity contribution < 1.29 is 19.0 Å². The Bertz CT molecular complexity index is 1600. The number of likely N-dealkylation sites (N-methyl/N-ethyl adjacent to an activating group) is 1. The highest BCUT2D eigenvalue weighted by Crippen LogP contribution is 2.36. The molecule has 2 aromatic carbocycles. The van der Waals surface area contributed by atoms with Crippen LogP contribution in [-0.4, -0.2) is 74.6 Å². The van der Waals surface area contributed by atoms with Crippen LogP contribution in [-0.2, 0) is 6.42 Å². The molecular weight excluding hydrogens is 501 g/mol. The number of carbonyl (C=O) groups excluding carboxylic acids is 1. The largest absolute Gasteiger partial charge is 0.507 e. The average Bonchev–Trinajstić information content (AvgIpc) is 3.58. The van der Waals surface area contributed by atoms with Gasteiger partial charge in [0, 0.05) is 49.2 Å². The summed E-state index contributed by atoms with van der Waals surface area (Å²) in [5, 5.41) is 13.4. The Labute approximate surface area is 223 Å². The van der Waals surface area contributed by atoms with Crippen molar-refractivity contribution in [3.8, 4) is 34.1 Å². The van der Waals surface area contributed by atoms with Crippen LogP contribution in [0, 0.1) is 5.82 Å². The minimum atomic E-state index is -0.676. The molecule has 0 aliphatic rings. The van der Waals surface area contributed by atoms with Crippen molar-refractivity contribution in [2.24, 2.45) is 0 Å². The Balaban J connectivity index is 1.40. The Kier molecular flexibility index (Phi) is 7.50. The maximum Gasteiger partial charge on any atom is 0.254 e. The van der Waals surface area contributed by atoms with Crippen molar-refractivity contribution >= 4 is 16.9 Å². The molecule has 3 heterocycles. The predicted octanol–water partition coefficient (Wildman–Crippen LogP) is 3.77. The highest BCUT2D eigenvalue weighted by Gasteiger charge is 2.18. The second-order valence-electron chi connectivity index (χ2n) is 9.26. The normalized spacial score (nSPS) is 11.3. The van der Waals surface area contributed by atoms with E-state index >= 15 is 0 Å². The summed E-state index contributed by atoms with van der Waals surface area (Å²) >= 11 is 0. The molecule has 5 aromatic rings. The number of H-pyrrole nitrogens is 2. The Morgan fingerprint density at radius 3 is 2.85 bits per heavy atom. The van der Waals surface area contributed by atoms with Crippen LogP contribution in [0.25, 0.3) is 33.5 Å². The number of phenols is 1. The van der Waals surface area contributed by atoms with Crippen LogP contribution in [0.3, 0.4) is 0 Å². The number of phenolic OH excluding ortho intramolecular Hbond substituents is 1. The number of imidazole rings is 2. The number of benzene rings is 2. The van der Waals surface area contributed by atoms with E-state index in [0.29, 0.717) is 47.9 Å². The quantitative estimate of drug-likeness (QED) is 0.217. The zero-order chi connectivity index (χ0) is 27.4. The van der Waals surface area contributed by atoms with Crippen LogP contribution in [0.1, 0.15) is 16.1 Å². The molecule has 39 heavy (non-hydrogen) atoms. The summed E-state index contributed by atoms with van der Waals surface area (Å²) in [6, 6.07) is 11.4. The zero-order valence-corrected chi connectivity index (χ0v) is 21.5. The van der Waals surface area contributed by atoms with E-state index in [9.17, 15) is 14.3 Å². The number of carbonyl (C=O) groups is 1. The number of hydrogen-bond donors (Lipinski definition) is 4. The standard InChI is InChI=1S/C28H28FN7O3/c1-36(2)10-11-39-28-19(4-3-8-32-28)17-5-6-25(37)21(12-17)26-34-23-13-20(22(29)14-24(23)35-26)27(38)31-9-7-18-15-30-16-33-18/h3-6,8,12-16,37H,7,9-11H2,1-2H3,(H,30,33)(H,31,38)(H,34,35). The molecule has 3 aromatic heterocycles. The molecule has 4 N–H and O–H groups in total. The van der Waals surface area contributed by atoms with Gasteiger partial charge in [0.1, 0.15) is 24.0 Å². The number of rotatable bonds is 10. The van der Waals surface area contributed by atoms with Crippen molar-refractivity contribution in [3.63, 3.8) is 0 Å². The third-order valence-electron chi connectivity index (χ3n) is 6.16. The summed E-state index contributed by atoms with van der Waals surface area (Å²) in [5.41, 5.74) is 3.48. The number of nitrogens with one attached hydrogen (secondary N) is 3. The third kappa shape index (κ3) is 5.88. The molecule has 0 aliphatic carbocycles.